The zero-order valence-electron chi connectivity index (χ0n) is 14.6. The number of benzene rings is 1. The molecule has 0 unspecified atom stereocenters. The maximum atomic E-state index is 12.1. The molecule has 3 aromatic rings. The van der Waals surface area contributed by atoms with E-state index in [0.717, 1.165) is 35.4 Å². The SMILES string of the molecule is COCCNc1ccnc2c(-c3ccc(C(=O)NC4CC4)cc3)cnn12. The summed E-state index contributed by atoms with van der Waals surface area (Å²) in [5.41, 5.74) is 3.34. The number of ether oxygens (including phenoxy) is 1. The van der Waals surface area contributed by atoms with Gasteiger partial charge in [-0.25, -0.2) is 4.98 Å². The molecule has 1 aromatic carbocycles. The van der Waals surface area contributed by atoms with Crippen LogP contribution in [0.2, 0.25) is 0 Å². The zero-order valence-corrected chi connectivity index (χ0v) is 14.6. The smallest absolute Gasteiger partial charge is 0.251 e. The first-order valence-corrected chi connectivity index (χ1v) is 8.73. The van der Waals surface area contributed by atoms with Gasteiger partial charge >= 0.3 is 0 Å². The van der Waals surface area contributed by atoms with E-state index < -0.39 is 0 Å². The van der Waals surface area contributed by atoms with Crippen molar-refractivity contribution in [3.8, 4) is 11.1 Å². The minimum absolute atomic E-state index is 0.0123. The van der Waals surface area contributed by atoms with Crippen LogP contribution in [0.4, 0.5) is 5.82 Å². The maximum Gasteiger partial charge on any atom is 0.251 e. The molecule has 7 heteroatoms. The van der Waals surface area contributed by atoms with Gasteiger partial charge < -0.3 is 15.4 Å². The Labute approximate surface area is 151 Å². The van der Waals surface area contributed by atoms with Gasteiger partial charge in [0.1, 0.15) is 5.82 Å². The Morgan fingerprint density at radius 1 is 1.27 bits per heavy atom. The minimum Gasteiger partial charge on any atom is -0.383 e. The van der Waals surface area contributed by atoms with Gasteiger partial charge in [0.05, 0.1) is 12.8 Å². The van der Waals surface area contributed by atoms with Gasteiger partial charge in [0, 0.05) is 37.0 Å². The molecule has 1 amide bonds. The number of hydrogen-bond acceptors (Lipinski definition) is 5. The highest BCUT2D eigenvalue weighted by Crippen LogP contribution is 2.25. The van der Waals surface area contributed by atoms with Gasteiger partial charge in [-0.05, 0) is 36.6 Å². The summed E-state index contributed by atoms with van der Waals surface area (Å²) in [6.45, 7) is 1.30. The summed E-state index contributed by atoms with van der Waals surface area (Å²) in [5, 5.41) is 10.7. The molecule has 4 rings (SSSR count). The molecule has 2 aromatic heterocycles. The molecule has 7 nitrogen and oxygen atoms in total. The van der Waals surface area contributed by atoms with Crippen molar-refractivity contribution in [2.24, 2.45) is 0 Å². The average molecular weight is 351 g/mol. The molecule has 0 spiro atoms. The largest absolute Gasteiger partial charge is 0.383 e. The van der Waals surface area contributed by atoms with Gasteiger partial charge in [-0.15, -0.1) is 0 Å². The van der Waals surface area contributed by atoms with E-state index in [1.165, 1.54) is 0 Å². The van der Waals surface area contributed by atoms with Crippen molar-refractivity contribution in [1.29, 1.82) is 0 Å². The molecule has 134 valence electrons. The zero-order chi connectivity index (χ0) is 17.9. The standard InChI is InChI=1S/C19H21N5O2/c1-26-11-10-20-17-8-9-21-18-16(12-22-24(17)18)13-2-4-14(5-3-13)19(25)23-15-6-7-15/h2-5,8-9,12,15,20H,6-7,10-11H2,1H3,(H,23,25). The second-order valence-electron chi connectivity index (χ2n) is 6.37. The Balaban J connectivity index is 1.58. The Hall–Kier alpha value is -2.93. The van der Waals surface area contributed by atoms with E-state index in [1.807, 2.05) is 30.3 Å². The quantitative estimate of drug-likeness (QED) is 0.639. The molecule has 0 saturated heterocycles. The lowest BCUT2D eigenvalue weighted by Crippen LogP contribution is -2.25. The third-order valence-corrected chi connectivity index (χ3v) is 4.38. The van der Waals surface area contributed by atoms with Gasteiger partial charge in [-0.2, -0.15) is 9.61 Å². The number of hydrogen-bond donors (Lipinski definition) is 2. The Kier molecular flexibility index (Phi) is 4.53. The predicted octanol–water partition coefficient (Wildman–Crippen LogP) is 2.35. The van der Waals surface area contributed by atoms with Gasteiger partial charge in [0.2, 0.25) is 0 Å². The minimum atomic E-state index is -0.0123. The first-order valence-electron chi connectivity index (χ1n) is 8.73. The third kappa shape index (κ3) is 3.39. The van der Waals surface area contributed by atoms with E-state index in [-0.39, 0.29) is 5.91 Å². The Bertz CT molecular complexity index is 915. The van der Waals surface area contributed by atoms with Crippen LogP contribution in [0.15, 0.2) is 42.7 Å². The van der Waals surface area contributed by atoms with Crippen molar-refractivity contribution in [3.63, 3.8) is 0 Å². The van der Waals surface area contributed by atoms with Crippen LogP contribution in [0, 0.1) is 0 Å². The van der Waals surface area contributed by atoms with Crippen LogP contribution < -0.4 is 10.6 Å². The number of amides is 1. The number of fused-ring (bicyclic) bond motifs is 1. The molecule has 0 aliphatic heterocycles. The molecule has 1 saturated carbocycles. The molecule has 2 heterocycles. The Morgan fingerprint density at radius 3 is 2.81 bits per heavy atom. The van der Waals surface area contributed by atoms with E-state index >= 15 is 0 Å². The number of methoxy groups -OCH3 is 1. The van der Waals surface area contributed by atoms with E-state index in [2.05, 4.69) is 20.7 Å². The number of nitrogens with zero attached hydrogens (tertiary/aromatic N) is 3. The van der Waals surface area contributed by atoms with Crippen LogP contribution in [-0.2, 0) is 4.74 Å². The number of carbonyl (C=O) groups is 1. The van der Waals surface area contributed by atoms with Crippen LogP contribution in [0.25, 0.3) is 16.8 Å². The van der Waals surface area contributed by atoms with Crippen molar-refractivity contribution in [3.05, 3.63) is 48.3 Å². The normalized spacial score (nSPS) is 13.7. The highest BCUT2D eigenvalue weighted by molar-refractivity contribution is 5.95. The number of carbonyl (C=O) groups excluding carboxylic acids is 1. The van der Waals surface area contributed by atoms with Crippen molar-refractivity contribution in [2.45, 2.75) is 18.9 Å². The van der Waals surface area contributed by atoms with Crippen molar-refractivity contribution in [1.82, 2.24) is 19.9 Å². The fourth-order valence-corrected chi connectivity index (χ4v) is 2.81. The van der Waals surface area contributed by atoms with E-state index in [1.54, 1.807) is 24.0 Å². The molecule has 26 heavy (non-hydrogen) atoms. The average Bonchev–Trinajstić information content (AvgIpc) is 3.37. The van der Waals surface area contributed by atoms with E-state index in [0.29, 0.717) is 24.8 Å². The van der Waals surface area contributed by atoms with Crippen LogP contribution >= 0.6 is 0 Å². The first kappa shape index (κ1) is 16.5. The Morgan fingerprint density at radius 2 is 2.08 bits per heavy atom. The van der Waals surface area contributed by atoms with Crippen LogP contribution in [0.5, 0.6) is 0 Å². The summed E-state index contributed by atoms with van der Waals surface area (Å²) in [7, 11) is 1.67. The van der Waals surface area contributed by atoms with Crippen molar-refractivity contribution >= 4 is 17.4 Å². The summed E-state index contributed by atoms with van der Waals surface area (Å²) in [6.07, 6.45) is 5.72. The van der Waals surface area contributed by atoms with Gasteiger partial charge in [-0.3, -0.25) is 4.79 Å². The first-order chi connectivity index (χ1) is 12.8. The van der Waals surface area contributed by atoms with E-state index in [4.69, 9.17) is 4.74 Å². The second-order valence-corrected chi connectivity index (χ2v) is 6.37. The molecule has 1 aliphatic rings. The fourth-order valence-electron chi connectivity index (χ4n) is 2.81. The van der Waals surface area contributed by atoms with Gasteiger partial charge in [-0.1, -0.05) is 12.1 Å². The molecule has 0 bridgehead atoms. The molecule has 0 radical (unpaired) electrons. The number of anilines is 1. The van der Waals surface area contributed by atoms with Crippen molar-refractivity contribution in [2.75, 3.05) is 25.6 Å². The van der Waals surface area contributed by atoms with Crippen LogP contribution in [-0.4, -0.2) is 46.8 Å². The lowest BCUT2D eigenvalue weighted by Gasteiger charge is -2.08. The summed E-state index contributed by atoms with van der Waals surface area (Å²) in [5.74, 6) is 0.848. The van der Waals surface area contributed by atoms with Gasteiger partial charge in [0.15, 0.2) is 5.65 Å². The molecule has 1 aliphatic carbocycles. The van der Waals surface area contributed by atoms with E-state index in [9.17, 15) is 4.79 Å². The summed E-state index contributed by atoms with van der Waals surface area (Å²) < 4.78 is 6.84. The fraction of sp³-hybridized carbons (Fsp3) is 0.316. The summed E-state index contributed by atoms with van der Waals surface area (Å²) in [4.78, 5) is 16.6. The molecular formula is C19H21N5O2. The predicted molar refractivity (Wildman–Crippen MR) is 99.3 cm³/mol. The molecular weight excluding hydrogens is 330 g/mol. The topological polar surface area (TPSA) is 80.5 Å². The van der Waals surface area contributed by atoms with Crippen LogP contribution in [0.3, 0.4) is 0 Å². The highest BCUT2D eigenvalue weighted by Gasteiger charge is 2.23. The third-order valence-electron chi connectivity index (χ3n) is 4.38. The lowest BCUT2D eigenvalue weighted by atomic mass is 10.1. The number of nitrogens with one attached hydrogen (secondary N) is 2. The maximum absolute atomic E-state index is 12.1. The molecule has 2 N–H and O–H groups in total. The number of aromatic nitrogens is 3. The van der Waals surface area contributed by atoms with Crippen LogP contribution in [0.1, 0.15) is 23.2 Å². The summed E-state index contributed by atoms with van der Waals surface area (Å²) in [6, 6.07) is 9.80. The summed E-state index contributed by atoms with van der Waals surface area (Å²) >= 11 is 0. The van der Waals surface area contributed by atoms with Gasteiger partial charge in [0.25, 0.3) is 5.91 Å². The number of rotatable bonds is 7. The molecule has 0 atom stereocenters. The monoisotopic (exact) mass is 351 g/mol. The second kappa shape index (κ2) is 7.13. The lowest BCUT2D eigenvalue weighted by molar-refractivity contribution is 0.0951. The van der Waals surface area contributed by atoms with Crippen molar-refractivity contribution < 1.29 is 9.53 Å². The molecule has 1 fully saturated rings. The highest BCUT2D eigenvalue weighted by atomic mass is 16.5.